The minimum atomic E-state index is -4.94. The molecule has 15 heavy (non-hydrogen) atoms. The van der Waals surface area contributed by atoms with Crippen molar-refractivity contribution < 1.29 is 28.9 Å². The Bertz CT molecular complexity index is 295. The summed E-state index contributed by atoms with van der Waals surface area (Å²) in [5, 5.41) is 0. The fourth-order valence-electron chi connectivity index (χ4n) is 1.42. The van der Waals surface area contributed by atoms with Crippen LogP contribution in [0, 0.1) is 10.2 Å². The molecule has 0 saturated carbocycles. The van der Waals surface area contributed by atoms with Crippen molar-refractivity contribution in [3.05, 3.63) is 35.4 Å². The monoisotopic (exact) mass is 348 g/mol. The standard InChI is InChI=1S/C9H11Te.ClHO4/c1-10-6-8-4-2-3-5-9(8)7-10;2-1(3,4)5/h2-5H,6-7H2,1H3;(H,2,3,4,5)/q+1;/p-1. The molecule has 1 aromatic carbocycles. The predicted octanol–water partition coefficient (Wildman–Crippen LogP) is -2.77. The first-order valence-electron chi connectivity index (χ1n) is 4.14. The second kappa shape index (κ2) is 5.46. The Morgan fingerprint density at radius 3 is 1.67 bits per heavy atom. The van der Waals surface area contributed by atoms with E-state index < -0.39 is 29.8 Å². The van der Waals surface area contributed by atoms with Crippen LogP contribution in [0.3, 0.4) is 0 Å². The molecule has 0 spiro atoms. The zero-order valence-electron chi connectivity index (χ0n) is 8.14. The van der Waals surface area contributed by atoms with E-state index in [0.717, 1.165) is 0 Å². The van der Waals surface area contributed by atoms with Crippen molar-refractivity contribution >= 4 is 19.6 Å². The number of rotatable bonds is 0. The predicted molar refractivity (Wildman–Crippen MR) is 45.5 cm³/mol. The number of halogens is 1. The summed E-state index contributed by atoms with van der Waals surface area (Å²) in [5.74, 6) is 0. The number of fused-ring (bicyclic) bond motifs is 1. The summed E-state index contributed by atoms with van der Waals surface area (Å²) in [6, 6.07) is 8.91. The van der Waals surface area contributed by atoms with Gasteiger partial charge in [-0.25, -0.2) is 18.6 Å². The first-order chi connectivity index (χ1) is 6.86. The van der Waals surface area contributed by atoms with Gasteiger partial charge in [-0.15, -0.1) is 10.2 Å². The summed E-state index contributed by atoms with van der Waals surface area (Å²) in [5.41, 5.74) is 3.28. The van der Waals surface area contributed by atoms with Gasteiger partial charge in [0.05, 0.1) is 0 Å². The average Bonchev–Trinajstić information content (AvgIpc) is 2.40. The van der Waals surface area contributed by atoms with Crippen LogP contribution in [-0.4, -0.2) is 19.6 Å². The number of hydrogen-bond donors (Lipinski definition) is 0. The minimum absolute atomic E-state index is 0.608. The van der Waals surface area contributed by atoms with Gasteiger partial charge in [-0.05, 0) is 0 Å². The van der Waals surface area contributed by atoms with Crippen molar-refractivity contribution in [3.63, 3.8) is 0 Å². The van der Waals surface area contributed by atoms with E-state index in [2.05, 4.69) is 29.2 Å². The van der Waals surface area contributed by atoms with Gasteiger partial charge in [0.25, 0.3) is 0 Å². The van der Waals surface area contributed by atoms with Crippen LogP contribution in [0.15, 0.2) is 24.3 Å². The van der Waals surface area contributed by atoms with E-state index in [4.69, 9.17) is 18.6 Å². The van der Waals surface area contributed by atoms with Gasteiger partial charge in [-0.1, -0.05) is 0 Å². The normalized spacial score (nSPS) is 15.5. The van der Waals surface area contributed by atoms with Crippen molar-refractivity contribution in [2.24, 2.45) is 0 Å². The van der Waals surface area contributed by atoms with E-state index in [9.17, 15) is 0 Å². The van der Waals surface area contributed by atoms with Gasteiger partial charge < -0.3 is 0 Å². The molecular formula is C9H11ClO4Te. The van der Waals surface area contributed by atoms with E-state index >= 15 is 0 Å². The van der Waals surface area contributed by atoms with Crippen LogP contribution in [0.25, 0.3) is 0 Å². The summed E-state index contributed by atoms with van der Waals surface area (Å²) in [6.07, 6.45) is 0. The van der Waals surface area contributed by atoms with Crippen molar-refractivity contribution in [2.45, 2.75) is 13.9 Å². The van der Waals surface area contributed by atoms with Gasteiger partial charge in [0, 0.05) is 0 Å². The zero-order chi connectivity index (χ0) is 11.5. The molecular weight excluding hydrogens is 335 g/mol. The molecule has 0 unspecified atom stereocenters. The first kappa shape index (κ1) is 13.2. The second-order valence-electron chi connectivity index (χ2n) is 3.22. The van der Waals surface area contributed by atoms with E-state index in [-0.39, 0.29) is 0 Å². The van der Waals surface area contributed by atoms with Gasteiger partial charge in [0.2, 0.25) is 0 Å². The minimum Gasteiger partial charge on any atom is -0.222 e. The summed E-state index contributed by atoms with van der Waals surface area (Å²) in [6.45, 7) is 0. The van der Waals surface area contributed by atoms with Gasteiger partial charge in [0.1, 0.15) is 0 Å². The summed E-state index contributed by atoms with van der Waals surface area (Å²) in [7, 11) is -4.94. The number of hydrogen-bond acceptors (Lipinski definition) is 4. The molecule has 0 fully saturated rings. The summed E-state index contributed by atoms with van der Waals surface area (Å²) >= 11 is -0.608. The fraction of sp³-hybridized carbons (Fsp3) is 0.333. The Hall–Kier alpha value is 0.140. The van der Waals surface area contributed by atoms with E-state index in [1.807, 2.05) is 0 Å². The molecule has 0 radical (unpaired) electrons. The van der Waals surface area contributed by atoms with Crippen LogP contribution >= 0.6 is 0 Å². The second-order valence-corrected chi connectivity index (χ2v) is 10.1. The quantitative estimate of drug-likeness (QED) is 0.476. The van der Waals surface area contributed by atoms with Crippen molar-refractivity contribution in [3.8, 4) is 0 Å². The largest absolute Gasteiger partial charge is 0.222 e. The molecule has 1 heterocycles. The Morgan fingerprint density at radius 1 is 1.00 bits per heavy atom. The van der Waals surface area contributed by atoms with Crippen LogP contribution in [0.4, 0.5) is 0 Å². The van der Waals surface area contributed by atoms with Crippen LogP contribution in [-0.2, 0) is 8.94 Å². The molecule has 0 aliphatic carbocycles. The summed E-state index contributed by atoms with van der Waals surface area (Å²) in [4.78, 5) is 2.49. The van der Waals surface area contributed by atoms with E-state index in [1.165, 1.54) is 8.94 Å². The zero-order valence-corrected chi connectivity index (χ0v) is 11.2. The maximum atomic E-state index is 8.49. The molecule has 6 heteroatoms. The van der Waals surface area contributed by atoms with Gasteiger partial charge in [0.15, 0.2) is 0 Å². The maximum Gasteiger partial charge on any atom is -0.112 e. The van der Waals surface area contributed by atoms with Crippen LogP contribution in [0.5, 0.6) is 0 Å². The number of benzene rings is 1. The molecule has 1 aliphatic rings. The van der Waals surface area contributed by atoms with Crippen LogP contribution in [0.1, 0.15) is 11.1 Å². The van der Waals surface area contributed by atoms with Crippen molar-refractivity contribution in [2.75, 3.05) is 0 Å². The summed E-state index contributed by atoms with van der Waals surface area (Å²) < 4.78 is 36.9. The first-order valence-corrected chi connectivity index (χ1v) is 11.0. The Morgan fingerprint density at radius 2 is 1.33 bits per heavy atom. The smallest absolute Gasteiger partial charge is 0.112 e. The molecule has 0 bridgehead atoms. The molecule has 0 amide bonds. The third-order valence-electron chi connectivity index (χ3n) is 1.92. The van der Waals surface area contributed by atoms with Crippen LogP contribution < -0.4 is 18.6 Å². The molecule has 0 N–H and O–H groups in total. The molecule has 0 aromatic heterocycles. The molecule has 2 rings (SSSR count). The molecule has 1 aliphatic heterocycles. The average molecular weight is 346 g/mol. The molecule has 84 valence electrons. The Kier molecular flexibility index (Phi) is 4.81. The van der Waals surface area contributed by atoms with E-state index in [1.54, 1.807) is 11.1 Å². The fourth-order valence-corrected chi connectivity index (χ4v) is 6.35. The SMILES string of the molecule is C[Te+]1Cc2ccccc2C1.[O-][Cl+3]([O-])([O-])[O-]. The van der Waals surface area contributed by atoms with Gasteiger partial charge in [-0.2, -0.15) is 0 Å². The van der Waals surface area contributed by atoms with Crippen LogP contribution in [0.2, 0.25) is 4.97 Å². The molecule has 1 aromatic rings. The van der Waals surface area contributed by atoms with E-state index in [0.29, 0.717) is 0 Å². The topological polar surface area (TPSA) is 92.2 Å². The van der Waals surface area contributed by atoms with Gasteiger partial charge >= 0.3 is 68.9 Å². The Balaban J connectivity index is 0.000000195. The molecule has 4 nitrogen and oxygen atoms in total. The molecule has 0 saturated heterocycles. The third-order valence-corrected chi connectivity index (χ3v) is 6.51. The molecule has 0 atom stereocenters. The Labute approximate surface area is 97.5 Å². The van der Waals surface area contributed by atoms with Gasteiger partial charge in [-0.3, -0.25) is 0 Å². The third kappa shape index (κ3) is 5.69. The van der Waals surface area contributed by atoms with Crippen molar-refractivity contribution in [1.82, 2.24) is 0 Å². The van der Waals surface area contributed by atoms with Crippen molar-refractivity contribution in [1.29, 1.82) is 0 Å². The maximum absolute atomic E-state index is 8.49.